The van der Waals surface area contributed by atoms with Crippen LogP contribution in [0.15, 0.2) is 28.4 Å². The largest absolute Gasteiger partial charge is 0.867 e. The Balaban J connectivity index is 2.17. The maximum atomic E-state index is 11.6. The first-order chi connectivity index (χ1) is 9.08. The van der Waals surface area contributed by atoms with Crippen molar-refractivity contribution in [3.05, 3.63) is 33.9 Å². The summed E-state index contributed by atoms with van der Waals surface area (Å²) in [6.07, 6.45) is 1.12. The zero-order chi connectivity index (χ0) is 13.8. The Kier molecular flexibility index (Phi) is 3.76. The van der Waals surface area contributed by atoms with Crippen molar-refractivity contribution < 1.29 is 14.8 Å². The molecule has 19 heavy (non-hydrogen) atoms. The Labute approximate surface area is 111 Å². The van der Waals surface area contributed by atoms with E-state index in [1.165, 1.54) is 23.9 Å². The first-order valence-electron chi connectivity index (χ1n) is 5.06. The van der Waals surface area contributed by atoms with Crippen LogP contribution in [0, 0.1) is 10.1 Å². The van der Waals surface area contributed by atoms with E-state index in [4.69, 9.17) is 0 Å². The van der Waals surface area contributed by atoms with E-state index in [1.807, 2.05) is 0 Å². The molecule has 1 fully saturated rings. The molecular formula is C10H7N4O4S-. The van der Waals surface area contributed by atoms with Crippen LogP contribution in [0.5, 0.6) is 5.75 Å². The number of nitro benzene ring substituents is 1. The lowest BCUT2D eigenvalue weighted by molar-refractivity contribution is -0.398. The minimum Gasteiger partial charge on any atom is -0.867 e. The van der Waals surface area contributed by atoms with Crippen molar-refractivity contribution in [2.24, 2.45) is 10.2 Å². The zero-order valence-corrected chi connectivity index (χ0v) is 10.2. The van der Waals surface area contributed by atoms with Crippen LogP contribution in [-0.4, -0.2) is 28.0 Å². The van der Waals surface area contributed by atoms with E-state index < -0.39 is 16.4 Å². The van der Waals surface area contributed by atoms with Gasteiger partial charge in [-0.2, -0.15) is 5.10 Å². The Morgan fingerprint density at radius 1 is 1.47 bits per heavy atom. The predicted octanol–water partition coefficient (Wildman–Crippen LogP) is 0.221. The fourth-order valence-electron chi connectivity index (χ4n) is 1.31. The van der Waals surface area contributed by atoms with E-state index in [-0.39, 0.29) is 17.2 Å². The molecule has 1 heterocycles. The highest BCUT2D eigenvalue weighted by molar-refractivity contribution is 8.15. The van der Waals surface area contributed by atoms with Gasteiger partial charge in [0.2, 0.25) is 5.91 Å². The van der Waals surface area contributed by atoms with Crippen LogP contribution in [0.4, 0.5) is 5.69 Å². The first kappa shape index (κ1) is 13.0. The summed E-state index contributed by atoms with van der Waals surface area (Å²) < 4.78 is 0. The smallest absolute Gasteiger partial charge is 0.262 e. The third-order valence-electron chi connectivity index (χ3n) is 2.15. The van der Waals surface area contributed by atoms with Crippen LogP contribution in [0.1, 0.15) is 5.56 Å². The number of carbonyl (C=O) groups is 1. The summed E-state index contributed by atoms with van der Waals surface area (Å²) in [6, 6.07) is 3.91. The molecule has 1 aliphatic heterocycles. The van der Waals surface area contributed by atoms with Crippen LogP contribution >= 0.6 is 11.8 Å². The van der Waals surface area contributed by atoms with Crippen molar-refractivity contribution in [1.29, 1.82) is 0 Å². The molecule has 1 aromatic rings. The van der Waals surface area contributed by atoms with Gasteiger partial charge in [0, 0.05) is 6.07 Å². The van der Waals surface area contributed by atoms with E-state index in [0.29, 0.717) is 5.17 Å². The van der Waals surface area contributed by atoms with Gasteiger partial charge in [0.1, 0.15) is 0 Å². The van der Waals surface area contributed by atoms with Gasteiger partial charge >= 0.3 is 0 Å². The molecule has 0 spiro atoms. The lowest BCUT2D eigenvalue weighted by atomic mass is 10.2. The summed E-state index contributed by atoms with van der Waals surface area (Å²) in [5, 5.41) is 32.3. The maximum Gasteiger partial charge on any atom is 0.262 e. The van der Waals surface area contributed by atoms with E-state index in [1.54, 1.807) is 0 Å². The van der Waals surface area contributed by atoms with Gasteiger partial charge in [0.25, 0.3) is 5.69 Å². The molecule has 0 aliphatic carbocycles. The van der Waals surface area contributed by atoms with Crippen LogP contribution in [0.25, 0.3) is 0 Å². The number of nitrogens with zero attached hydrogens (tertiary/aromatic N) is 3. The summed E-state index contributed by atoms with van der Waals surface area (Å²) in [6.45, 7) is 0. The number of para-hydroxylation sites is 1. The number of amidine groups is 1. The van der Waals surface area contributed by atoms with Crippen molar-refractivity contribution >= 4 is 34.7 Å². The van der Waals surface area contributed by atoms with Crippen LogP contribution in [0.3, 0.4) is 0 Å². The fraction of sp³-hybridized carbons (Fsp3) is 0.100. The minimum atomic E-state index is -0.751. The topological polar surface area (TPSA) is 120 Å². The van der Waals surface area contributed by atoms with E-state index >= 15 is 0 Å². The molecule has 0 radical (unpaired) electrons. The number of hydrogen-bond acceptors (Lipinski definition) is 7. The van der Waals surface area contributed by atoms with Gasteiger partial charge in [-0.25, -0.2) is 0 Å². The number of thioether (sulfide) groups is 1. The lowest BCUT2D eigenvalue weighted by Crippen LogP contribution is -2.19. The highest BCUT2D eigenvalue weighted by Crippen LogP contribution is 2.25. The molecular weight excluding hydrogens is 272 g/mol. The third-order valence-corrected chi connectivity index (χ3v) is 3.02. The molecule has 0 bridgehead atoms. The number of hydrogen-bond donors (Lipinski definition) is 1. The van der Waals surface area contributed by atoms with Crippen molar-refractivity contribution in [1.82, 2.24) is 5.32 Å². The number of amides is 1. The van der Waals surface area contributed by atoms with Crippen molar-refractivity contribution in [3.63, 3.8) is 0 Å². The maximum absolute atomic E-state index is 11.6. The number of rotatable bonds is 3. The molecule has 1 saturated heterocycles. The molecule has 0 unspecified atom stereocenters. The highest BCUT2D eigenvalue weighted by Gasteiger charge is 2.16. The predicted molar refractivity (Wildman–Crippen MR) is 68.2 cm³/mol. The van der Waals surface area contributed by atoms with Gasteiger partial charge in [0.15, 0.2) is 5.17 Å². The molecule has 98 valence electrons. The summed E-state index contributed by atoms with van der Waals surface area (Å²) in [5.74, 6) is -0.615. The van der Waals surface area contributed by atoms with Gasteiger partial charge in [-0.3, -0.25) is 14.9 Å². The van der Waals surface area contributed by atoms with E-state index in [9.17, 15) is 20.0 Å². The number of carbonyl (C=O) groups excluding carboxylic acids is 1. The average molecular weight is 279 g/mol. The van der Waals surface area contributed by atoms with Gasteiger partial charge in [-0.1, -0.05) is 23.9 Å². The van der Waals surface area contributed by atoms with Crippen molar-refractivity contribution in [2.75, 3.05) is 5.75 Å². The SMILES string of the molecule is O=C1CS/C(=N/N=C\c2cccc([N+](=O)[O-])c2[O-])N1. The Hall–Kier alpha value is -2.42. The molecule has 1 aliphatic rings. The first-order valence-corrected chi connectivity index (χ1v) is 6.04. The summed E-state index contributed by atoms with van der Waals surface area (Å²) in [4.78, 5) is 20.7. The van der Waals surface area contributed by atoms with Crippen LogP contribution in [0.2, 0.25) is 0 Å². The molecule has 1 amide bonds. The molecule has 1 N–H and O–H groups in total. The second-order valence-electron chi connectivity index (χ2n) is 3.44. The zero-order valence-electron chi connectivity index (χ0n) is 9.40. The molecule has 9 heteroatoms. The average Bonchev–Trinajstić information content (AvgIpc) is 2.77. The van der Waals surface area contributed by atoms with Gasteiger partial charge < -0.3 is 10.4 Å². The number of nitro groups is 1. The quantitative estimate of drug-likeness (QED) is 0.482. The Bertz CT molecular complexity index is 599. The minimum absolute atomic E-state index is 0.0628. The molecule has 8 nitrogen and oxygen atoms in total. The second-order valence-corrected chi connectivity index (χ2v) is 4.40. The summed E-state index contributed by atoms with van der Waals surface area (Å²) >= 11 is 1.19. The molecule has 2 rings (SSSR count). The van der Waals surface area contributed by atoms with Gasteiger partial charge in [-0.05, 0) is 11.3 Å². The molecule has 0 saturated carbocycles. The van der Waals surface area contributed by atoms with Crippen molar-refractivity contribution in [3.8, 4) is 5.75 Å². The lowest BCUT2D eigenvalue weighted by Gasteiger charge is -2.08. The van der Waals surface area contributed by atoms with E-state index in [0.717, 1.165) is 12.3 Å². The normalized spacial score (nSPS) is 17.1. The van der Waals surface area contributed by atoms with Crippen LogP contribution in [-0.2, 0) is 4.79 Å². The van der Waals surface area contributed by atoms with Crippen LogP contribution < -0.4 is 10.4 Å². The molecule has 1 aromatic carbocycles. The Morgan fingerprint density at radius 2 is 2.26 bits per heavy atom. The van der Waals surface area contributed by atoms with Crippen molar-refractivity contribution in [2.45, 2.75) is 0 Å². The monoisotopic (exact) mass is 279 g/mol. The Morgan fingerprint density at radius 3 is 2.89 bits per heavy atom. The number of benzene rings is 1. The molecule has 0 atom stereocenters. The molecule has 0 aromatic heterocycles. The summed E-state index contributed by atoms with van der Waals surface area (Å²) in [5.41, 5.74) is -0.451. The standard InChI is InChI=1S/C10H8N4O4S/c15-8-5-19-10(12-8)13-11-4-6-2-1-3-7(9(6)16)14(17)18/h1-4,16H,5H2,(H,12,13,15)/p-1/b11-4-. The summed E-state index contributed by atoms with van der Waals surface area (Å²) in [7, 11) is 0. The van der Waals surface area contributed by atoms with Gasteiger partial charge in [0.05, 0.1) is 16.9 Å². The third kappa shape index (κ3) is 3.07. The second kappa shape index (κ2) is 5.48. The number of nitrogens with one attached hydrogen (secondary N) is 1. The fourth-order valence-corrected chi connectivity index (χ4v) is 1.94. The highest BCUT2D eigenvalue weighted by atomic mass is 32.2. The van der Waals surface area contributed by atoms with E-state index in [2.05, 4.69) is 15.5 Å². The van der Waals surface area contributed by atoms with Gasteiger partial charge in [-0.15, -0.1) is 5.10 Å².